The van der Waals surface area contributed by atoms with E-state index in [1.807, 2.05) is 31.2 Å². The van der Waals surface area contributed by atoms with E-state index in [2.05, 4.69) is 15.8 Å². The summed E-state index contributed by atoms with van der Waals surface area (Å²) in [6, 6.07) is 14.2. The first-order valence-electron chi connectivity index (χ1n) is 7.40. The van der Waals surface area contributed by atoms with Crippen LogP contribution < -0.4 is 10.7 Å². The first-order valence-corrected chi connectivity index (χ1v) is 7.78. The Balaban J connectivity index is 1.89. The summed E-state index contributed by atoms with van der Waals surface area (Å²) >= 11 is 5.95. The van der Waals surface area contributed by atoms with Gasteiger partial charge in [0.1, 0.15) is 0 Å². The second-order valence-electron chi connectivity index (χ2n) is 5.36. The molecule has 0 spiro atoms. The molecular formula is C18H18ClN3O2. The molecule has 0 fully saturated rings. The zero-order valence-electron chi connectivity index (χ0n) is 13.5. The van der Waals surface area contributed by atoms with Crippen molar-refractivity contribution in [2.24, 2.45) is 5.10 Å². The van der Waals surface area contributed by atoms with Gasteiger partial charge in [-0.25, -0.2) is 5.43 Å². The third kappa shape index (κ3) is 5.21. The number of anilines is 1. The number of nitrogens with one attached hydrogen (secondary N) is 2. The molecule has 0 saturated heterocycles. The Labute approximate surface area is 145 Å². The van der Waals surface area contributed by atoms with Gasteiger partial charge in [0.25, 0.3) is 5.91 Å². The van der Waals surface area contributed by atoms with Crippen LogP contribution in [0.15, 0.2) is 53.6 Å². The maximum absolute atomic E-state index is 12.0. The molecule has 5 nitrogen and oxygen atoms in total. The molecule has 0 bridgehead atoms. The Morgan fingerprint density at radius 1 is 1.08 bits per heavy atom. The third-order valence-corrected chi connectivity index (χ3v) is 3.55. The van der Waals surface area contributed by atoms with Crippen molar-refractivity contribution in [1.29, 1.82) is 0 Å². The van der Waals surface area contributed by atoms with Crippen LogP contribution in [0.4, 0.5) is 5.69 Å². The minimum atomic E-state index is -0.418. The number of carbonyl (C=O) groups excluding carboxylic acids is 2. The van der Waals surface area contributed by atoms with Gasteiger partial charge in [-0.3, -0.25) is 9.59 Å². The number of rotatable bonds is 5. The van der Waals surface area contributed by atoms with E-state index >= 15 is 0 Å². The summed E-state index contributed by atoms with van der Waals surface area (Å²) in [7, 11) is 0. The van der Waals surface area contributed by atoms with E-state index in [-0.39, 0.29) is 12.3 Å². The monoisotopic (exact) mass is 343 g/mol. The fourth-order valence-corrected chi connectivity index (χ4v) is 2.19. The summed E-state index contributed by atoms with van der Waals surface area (Å²) < 4.78 is 0. The number of carbonyl (C=O) groups is 2. The highest BCUT2D eigenvalue weighted by molar-refractivity contribution is 6.33. The van der Waals surface area contributed by atoms with Crippen LogP contribution >= 0.6 is 11.6 Å². The van der Waals surface area contributed by atoms with Crippen LogP contribution in [0.25, 0.3) is 0 Å². The molecule has 2 aromatic carbocycles. The summed E-state index contributed by atoms with van der Waals surface area (Å²) in [5, 5.41) is 7.06. The molecule has 0 aliphatic rings. The van der Waals surface area contributed by atoms with E-state index in [0.717, 1.165) is 11.3 Å². The van der Waals surface area contributed by atoms with Crippen molar-refractivity contribution >= 4 is 34.8 Å². The van der Waals surface area contributed by atoms with E-state index < -0.39 is 5.91 Å². The van der Waals surface area contributed by atoms with Crippen LogP contribution in [0.5, 0.6) is 0 Å². The number of hydrazone groups is 1. The van der Waals surface area contributed by atoms with E-state index in [0.29, 0.717) is 16.3 Å². The van der Waals surface area contributed by atoms with Gasteiger partial charge >= 0.3 is 0 Å². The van der Waals surface area contributed by atoms with Crippen LogP contribution in [-0.4, -0.2) is 17.5 Å². The summed E-state index contributed by atoms with van der Waals surface area (Å²) in [5.41, 5.74) is 5.06. The summed E-state index contributed by atoms with van der Waals surface area (Å²) in [6.07, 6.45) is 0.0800. The Bertz CT molecular complexity index is 770. The normalized spacial score (nSPS) is 11.0. The second kappa shape index (κ2) is 8.26. The highest BCUT2D eigenvalue weighted by Gasteiger charge is 2.09. The molecule has 2 aromatic rings. The predicted molar refractivity (Wildman–Crippen MR) is 96.5 cm³/mol. The fourth-order valence-electron chi connectivity index (χ4n) is 1.97. The van der Waals surface area contributed by atoms with Gasteiger partial charge in [-0.15, -0.1) is 0 Å². The van der Waals surface area contributed by atoms with E-state index in [9.17, 15) is 9.59 Å². The highest BCUT2D eigenvalue weighted by atomic mass is 35.5. The molecule has 0 aromatic heterocycles. The van der Waals surface area contributed by atoms with Crippen molar-refractivity contribution in [2.75, 3.05) is 5.32 Å². The molecule has 0 saturated carbocycles. The molecule has 2 amide bonds. The molecule has 2 N–H and O–H groups in total. The van der Waals surface area contributed by atoms with Crippen molar-refractivity contribution < 1.29 is 9.59 Å². The lowest BCUT2D eigenvalue weighted by Crippen LogP contribution is -2.21. The SMILES string of the molecule is C/C(CC(=O)Nc1ccc(C)cc1)=N\NC(=O)c1ccccc1Cl. The molecule has 0 aliphatic carbocycles. The van der Waals surface area contributed by atoms with Crippen molar-refractivity contribution in [2.45, 2.75) is 20.3 Å². The third-order valence-electron chi connectivity index (χ3n) is 3.22. The fraction of sp³-hybridized carbons (Fsp3) is 0.167. The van der Waals surface area contributed by atoms with Crippen molar-refractivity contribution in [3.8, 4) is 0 Å². The van der Waals surface area contributed by atoms with Gasteiger partial charge in [0.05, 0.1) is 17.0 Å². The summed E-state index contributed by atoms with van der Waals surface area (Å²) in [6.45, 7) is 3.64. The molecule has 6 heteroatoms. The van der Waals surface area contributed by atoms with E-state index in [1.165, 1.54) is 0 Å². The Hall–Kier alpha value is -2.66. The maximum Gasteiger partial charge on any atom is 0.272 e. The summed E-state index contributed by atoms with van der Waals surface area (Å²) in [4.78, 5) is 23.9. The van der Waals surface area contributed by atoms with Gasteiger partial charge in [0.2, 0.25) is 5.91 Å². The lowest BCUT2D eigenvalue weighted by atomic mass is 10.2. The number of hydrogen-bond donors (Lipinski definition) is 2. The number of hydrogen-bond acceptors (Lipinski definition) is 3. The van der Waals surface area contributed by atoms with Gasteiger partial charge in [-0.2, -0.15) is 5.10 Å². The molecule has 0 unspecified atom stereocenters. The summed E-state index contributed by atoms with van der Waals surface area (Å²) in [5.74, 6) is -0.619. The lowest BCUT2D eigenvalue weighted by Gasteiger charge is -2.06. The predicted octanol–water partition coefficient (Wildman–Crippen LogP) is 3.78. The quantitative estimate of drug-likeness (QED) is 0.640. The van der Waals surface area contributed by atoms with E-state index in [1.54, 1.807) is 31.2 Å². The number of aryl methyl sites for hydroxylation is 1. The Kier molecular flexibility index (Phi) is 6.09. The molecule has 0 radical (unpaired) electrons. The topological polar surface area (TPSA) is 70.6 Å². The largest absolute Gasteiger partial charge is 0.326 e. The maximum atomic E-state index is 12.0. The smallest absolute Gasteiger partial charge is 0.272 e. The zero-order chi connectivity index (χ0) is 17.5. The van der Waals surface area contributed by atoms with Gasteiger partial charge in [-0.1, -0.05) is 41.4 Å². The number of halogens is 1. The molecule has 0 aliphatic heterocycles. The average Bonchev–Trinajstić information content (AvgIpc) is 2.55. The Morgan fingerprint density at radius 2 is 1.75 bits per heavy atom. The minimum absolute atomic E-state index is 0.0800. The molecule has 24 heavy (non-hydrogen) atoms. The molecule has 124 valence electrons. The molecule has 0 atom stereocenters. The standard InChI is InChI=1S/C18H18ClN3O2/c1-12-7-9-14(10-8-12)20-17(23)11-13(2)21-22-18(24)15-5-3-4-6-16(15)19/h3-10H,11H2,1-2H3,(H,20,23)(H,22,24)/b21-13+. The van der Waals surface area contributed by atoms with Crippen LogP contribution in [0, 0.1) is 6.92 Å². The highest BCUT2D eigenvalue weighted by Crippen LogP contribution is 2.14. The zero-order valence-corrected chi connectivity index (χ0v) is 14.2. The average molecular weight is 344 g/mol. The first kappa shape index (κ1) is 17.7. The molecule has 2 rings (SSSR count). The van der Waals surface area contributed by atoms with Crippen molar-refractivity contribution in [3.05, 3.63) is 64.7 Å². The van der Waals surface area contributed by atoms with Crippen LogP contribution in [0.3, 0.4) is 0 Å². The number of benzene rings is 2. The van der Waals surface area contributed by atoms with E-state index in [4.69, 9.17) is 11.6 Å². The first-order chi connectivity index (χ1) is 11.5. The van der Waals surface area contributed by atoms with Crippen LogP contribution in [0.2, 0.25) is 5.02 Å². The van der Waals surface area contributed by atoms with Crippen molar-refractivity contribution in [3.63, 3.8) is 0 Å². The Morgan fingerprint density at radius 3 is 2.42 bits per heavy atom. The second-order valence-corrected chi connectivity index (χ2v) is 5.77. The molecular weight excluding hydrogens is 326 g/mol. The van der Waals surface area contributed by atoms with Gasteiger partial charge < -0.3 is 5.32 Å². The lowest BCUT2D eigenvalue weighted by molar-refractivity contribution is -0.115. The van der Waals surface area contributed by atoms with Crippen LogP contribution in [0.1, 0.15) is 29.3 Å². The minimum Gasteiger partial charge on any atom is -0.326 e. The van der Waals surface area contributed by atoms with Gasteiger partial charge in [0.15, 0.2) is 0 Å². The van der Waals surface area contributed by atoms with Gasteiger partial charge in [-0.05, 0) is 38.1 Å². The molecule has 0 heterocycles. The van der Waals surface area contributed by atoms with Gasteiger partial charge in [0, 0.05) is 11.4 Å². The number of amides is 2. The number of nitrogens with zero attached hydrogens (tertiary/aromatic N) is 1. The van der Waals surface area contributed by atoms with Crippen LogP contribution in [-0.2, 0) is 4.79 Å². The van der Waals surface area contributed by atoms with Crippen molar-refractivity contribution in [1.82, 2.24) is 5.43 Å².